The number of amides is 2. The van der Waals surface area contributed by atoms with E-state index in [0.717, 1.165) is 35.3 Å². The highest BCUT2D eigenvalue weighted by Gasteiger charge is 2.27. The summed E-state index contributed by atoms with van der Waals surface area (Å²) in [5, 5.41) is 7.72. The van der Waals surface area contributed by atoms with Crippen molar-refractivity contribution in [3.05, 3.63) is 59.2 Å². The second-order valence-corrected chi connectivity index (χ2v) is 10.3. The summed E-state index contributed by atoms with van der Waals surface area (Å²) in [7, 11) is 1.83. The van der Waals surface area contributed by atoms with E-state index in [0.29, 0.717) is 16.8 Å². The molecule has 1 fully saturated rings. The minimum Gasteiger partial charge on any atom is -0.402 e. The van der Waals surface area contributed by atoms with Gasteiger partial charge in [-0.05, 0) is 49.9 Å². The maximum atomic E-state index is 12.0. The van der Waals surface area contributed by atoms with Crippen molar-refractivity contribution in [3.8, 4) is 11.3 Å². The van der Waals surface area contributed by atoms with Gasteiger partial charge in [-0.1, -0.05) is 57.8 Å². The van der Waals surface area contributed by atoms with Crippen LogP contribution >= 0.6 is 11.3 Å². The van der Waals surface area contributed by atoms with Crippen LogP contribution in [0.5, 0.6) is 0 Å². The number of carbonyl (C=O) groups is 2. The molecule has 197 valence electrons. The highest BCUT2D eigenvalue weighted by atomic mass is 32.1. The van der Waals surface area contributed by atoms with Crippen molar-refractivity contribution in [1.82, 2.24) is 14.8 Å². The first-order valence-electron chi connectivity index (χ1n) is 13.0. The molecule has 0 spiro atoms. The van der Waals surface area contributed by atoms with Crippen LogP contribution in [0.4, 0.5) is 5.13 Å². The number of thiazole rings is 1. The molecule has 37 heavy (non-hydrogen) atoms. The van der Waals surface area contributed by atoms with Gasteiger partial charge in [-0.25, -0.2) is 4.98 Å². The third-order valence-electron chi connectivity index (χ3n) is 6.76. The molecule has 3 unspecified atom stereocenters. The van der Waals surface area contributed by atoms with Gasteiger partial charge in [0.15, 0.2) is 5.13 Å². The molecule has 1 aromatic carbocycles. The van der Waals surface area contributed by atoms with Crippen LogP contribution in [0.3, 0.4) is 0 Å². The molecular weight excluding hydrogens is 483 g/mol. The Morgan fingerprint density at radius 1 is 1.30 bits per heavy atom. The minimum atomic E-state index is -0.315. The highest BCUT2D eigenvalue weighted by molar-refractivity contribution is 7.14. The van der Waals surface area contributed by atoms with E-state index in [9.17, 15) is 9.59 Å². The molecule has 2 amide bonds. The SMILES string of the molecule is CCC1CC(C(C)CC)CO1.C[B]n1ccc(C(=O)NCC(=O)Nc2nc(-c3cccc(C)c3)cs2)c1. The van der Waals surface area contributed by atoms with Crippen molar-refractivity contribution in [1.29, 1.82) is 0 Å². The Morgan fingerprint density at radius 2 is 2.11 bits per heavy atom. The Balaban J connectivity index is 0.000000289. The highest BCUT2D eigenvalue weighted by Crippen LogP contribution is 2.29. The fraction of sp³-hybridized carbons (Fsp3) is 0.464. The van der Waals surface area contributed by atoms with Crippen LogP contribution in [0.1, 0.15) is 56.0 Å². The monoisotopic (exact) mass is 521 g/mol. The topological polar surface area (TPSA) is 85.2 Å². The van der Waals surface area contributed by atoms with Gasteiger partial charge in [-0.3, -0.25) is 9.59 Å². The summed E-state index contributed by atoms with van der Waals surface area (Å²) >= 11 is 1.35. The summed E-state index contributed by atoms with van der Waals surface area (Å²) in [6, 6.07) is 9.71. The van der Waals surface area contributed by atoms with Crippen molar-refractivity contribution in [2.45, 2.75) is 59.9 Å². The smallest absolute Gasteiger partial charge is 0.253 e. The second kappa shape index (κ2) is 14.1. The van der Waals surface area contributed by atoms with Crippen LogP contribution < -0.4 is 10.6 Å². The zero-order chi connectivity index (χ0) is 26.8. The minimum absolute atomic E-state index is 0.112. The van der Waals surface area contributed by atoms with Crippen molar-refractivity contribution < 1.29 is 14.3 Å². The molecule has 2 N–H and O–H groups in total. The molecule has 0 bridgehead atoms. The summed E-state index contributed by atoms with van der Waals surface area (Å²) in [4.78, 5) is 28.5. The zero-order valence-corrected chi connectivity index (χ0v) is 23.3. The van der Waals surface area contributed by atoms with Gasteiger partial charge in [0.1, 0.15) is 0 Å². The Bertz CT molecular complexity index is 1160. The van der Waals surface area contributed by atoms with Crippen LogP contribution in [0.2, 0.25) is 6.82 Å². The first-order chi connectivity index (χ1) is 17.8. The number of benzene rings is 1. The summed E-state index contributed by atoms with van der Waals surface area (Å²) in [6.07, 6.45) is 7.82. The molecule has 1 aliphatic heterocycles. The van der Waals surface area contributed by atoms with Gasteiger partial charge in [0.05, 0.1) is 30.5 Å². The number of carbonyl (C=O) groups excluding carboxylic acids is 2. The van der Waals surface area contributed by atoms with Crippen LogP contribution in [-0.2, 0) is 9.53 Å². The molecule has 1 aliphatic rings. The van der Waals surface area contributed by atoms with Crippen molar-refractivity contribution >= 4 is 35.7 Å². The number of rotatable bonds is 9. The van der Waals surface area contributed by atoms with Crippen LogP contribution in [0.25, 0.3) is 11.3 Å². The lowest BCUT2D eigenvalue weighted by Gasteiger charge is -2.14. The third kappa shape index (κ3) is 8.57. The molecule has 9 heteroatoms. The maximum absolute atomic E-state index is 12.0. The van der Waals surface area contributed by atoms with Gasteiger partial charge in [0.2, 0.25) is 13.3 Å². The molecule has 3 aromatic rings. The van der Waals surface area contributed by atoms with E-state index in [1.54, 1.807) is 22.9 Å². The van der Waals surface area contributed by atoms with E-state index >= 15 is 0 Å². The molecule has 4 rings (SSSR count). The molecule has 2 aromatic heterocycles. The fourth-order valence-corrected chi connectivity index (χ4v) is 4.89. The normalized spacial score (nSPS) is 17.4. The lowest BCUT2D eigenvalue weighted by molar-refractivity contribution is -0.115. The summed E-state index contributed by atoms with van der Waals surface area (Å²) < 4.78 is 7.41. The predicted molar refractivity (Wildman–Crippen MR) is 152 cm³/mol. The lowest BCUT2D eigenvalue weighted by Crippen LogP contribution is -2.32. The maximum Gasteiger partial charge on any atom is 0.253 e. The number of aromatic nitrogens is 2. The third-order valence-corrected chi connectivity index (χ3v) is 7.52. The average Bonchev–Trinajstić information content (AvgIpc) is 3.68. The molecule has 3 atom stereocenters. The van der Waals surface area contributed by atoms with Crippen molar-refractivity contribution in [2.75, 3.05) is 18.5 Å². The van der Waals surface area contributed by atoms with Gasteiger partial charge >= 0.3 is 0 Å². The van der Waals surface area contributed by atoms with E-state index in [-0.39, 0.29) is 18.4 Å². The Labute approximate surface area is 225 Å². The van der Waals surface area contributed by atoms with Gasteiger partial charge in [-0.2, -0.15) is 0 Å². The van der Waals surface area contributed by atoms with Gasteiger partial charge < -0.3 is 19.8 Å². The molecule has 0 saturated carbocycles. The predicted octanol–water partition coefficient (Wildman–Crippen LogP) is 5.65. The fourth-order valence-electron chi connectivity index (χ4n) is 4.15. The number of ether oxygens (including phenoxy) is 1. The second-order valence-electron chi connectivity index (χ2n) is 9.49. The Kier molecular flexibility index (Phi) is 11.0. The van der Waals surface area contributed by atoms with Crippen LogP contribution in [-0.4, -0.2) is 47.9 Å². The number of hydrogen-bond donors (Lipinski definition) is 2. The Hall–Kier alpha value is -2.91. The molecule has 0 aliphatic carbocycles. The number of anilines is 1. The lowest BCUT2D eigenvalue weighted by atomic mass is 9.89. The summed E-state index contributed by atoms with van der Waals surface area (Å²) in [5.74, 6) is 1.09. The molecule has 1 saturated heterocycles. The van der Waals surface area contributed by atoms with Crippen LogP contribution in [0, 0.1) is 18.8 Å². The molecule has 1 radical (unpaired) electrons. The number of aryl methyl sites for hydroxylation is 1. The first kappa shape index (κ1) is 28.7. The molecular formula is C28H38BN4O3S. The van der Waals surface area contributed by atoms with Gasteiger partial charge in [0.25, 0.3) is 5.91 Å². The van der Waals surface area contributed by atoms with E-state index in [1.807, 2.05) is 50.8 Å². The van der Waals surface area contributed by atoms with Crippen LogP contribution in [0.15, 0.2) is 48.1 Å². The van der Waals surface area contributed by atoms with E-state index in [4.69, 9.17) is 4.74 Å². The number of nitrogens with zero attached hydrogens (tertiary/aromatic N) is 2. The quantitative estimate of drug-likeness (QED) is 0.357. The first-order valence-corrected chi connectivity index (χ1v) is 13.9. The number of nitrogens with one attached hydrogen (secondary N) is 2. The average molecular weight is 522 g/mol. The summed E-state index contributed by atoms with van der Waals surface area (Å²) in [5.41, 5.74) is 3.48. The van der Waals surface area contributed by atoms with E-state index in [2.05, 4.69) is 36.4 Å². The molecule has 7 nitrogen and oxygen atoms in total. The van der Waals surface area contributed by atoms with Crippen molar-refractivity contribution in [2.24, 2.45) is 11.8 Å². The molecule has 3 heterocycles. The largest absolute Gasteiger partial charge is 0.402 e. The van der Waals surface area contributed by atoms with Gasteiger partial charge in [0, 0.05) is 17.1 Å². The summed E-state index contributed by atoms with van der Waals surface area (Å²) in [6.45, 7) is 11.6. The Morgan fingerprint density at radius 3 is 2.76 bits per heavy atom. The van der Waals surface area contributed by atoms with Gasteiger partial charge in [-0.15, -0.1) is 11.3 Å². The zero-order valence-electron chi connectivity index (χ0n) is 22.5. The van der Waals surface area contributed by atoms with E-state index < -0.39 is 0 Å². The standard InChI is InChI=1S/C18H18BN4O2S.C10H20O/c1-12-4-3-5-13(8-12)15-11-26-18(21-15)22-16(24)9-20-17(25)14-6-7-23(10-14)19-2;1-4-8(3)9-6-10(5-2)11-7-9/h3-8,10-11H,9H2,1-2H3,(H,20,25)(H,21,22,24);8-10H,4-7H2,1-3H3. The van der Waals surface area contributed by atoms with Crippen molar-refractivity contribution in [3.63, 3.8) is 0 Å². The van der Waals surface area contributed by atoms with E-state index in [1.165, 1.54) is 30.6 Å². The number of hydrogen-bond acceptors (Lipinski definition) is 5.